The van der Waals surface area contributed by atoms with Gasteiger partial charge in [-0.25, -0.2) is 9.79 Å². The summed E-state index contributed by atoms with van der Waals surface area (Å²) >= 11 is 13.4. The van der Waals surface area contributed by atoms with Gasteiger partial charge < -0.3 is 13.9 Å². The van der Waals surface area contributed by atoms with Crippen molar-refractivity contribution in [3.63, 3.8) is 0 Å². The lowest BCUT2D eigenvalue weighted by Gasteiger charge is -2.25. The minimum absolute atomic E-state index is 0.297. The molecule has 0 bridgehead atoms. The number of halogens is 2. The first-order valence-electron chi connectivity index (χ1n) is 12.1. The van der Waals surface area contributed by atoms with Crippen LogP contribution in [0.3, 0.4) is 0 Å². The average molecular weight is 583 g/mol. The Morgan fingerprint density at radius 2 is 1.85 bits per heavy atom. The smallest absolute Gasteiger partial charge is 0.338 e. The topological polar surface area (TPSA) is 83.0 Å². The predicted molar refractivity (Wildman–Crippen MR) is 152 cm³/mol. The van der Waals surface area contributed by atoms with Gasteiger partial charge in [-0.05, 0) is 68.8 Å². The Balaban J connectivity index is 1.62. The highest BCUT2D eigenvalue weighted by Gasteiger charge is 2.33. The van der Waals surface area contributed by atoms with E-state index in [9.17, 15) is 9.59 Å². The Kier molecular flexibility index (Phi) is 7.53. The number of allylic oxidation sites excluding steroid dienone is 1. The maximum absolute atomic E-state index is 13.8. The first-order chi connectivity index (χ1) is 18.7. The molecule has 0 saturated heterocycles. The van der Waals surface area contributed by atoms with E-state index in [1.807, 2.05) is 12.1 Å². The second-order valence-corrected chi connectivity index (χ2v) is 11.0. The quantitative estimate of drug-likeness (QED) is 0.270. The first kappa shape index (κ1) is 27.0. The van der Waals surface area contributed by atoms with Gasteiger partial charge in [-0.3, -0.25) is 9.36 Å². The zero-order valence-electron chi connectivity index (χ0n) is 21.5. The van der Waals surface area contributed by atoms with Crippen LogP contribution in [0.1, 0.15) is 38.1 Å². The van der Waals surface area contributed by atoms with Gasteiger partial charge in [-0.15, -0.1) is 0 Å². The van der Waals surface area contributed by atoms with E-state index in [4.69, 9.17) is 37.1 Å². The van der Waals surface area contributed by atoms with Crippen molar-refractivity contribution < 1.29 is 18.7 Å². The Bertz CT molecular complexity index is 1780. The van der Waals surface area contributed by atoms with Crippen molar-refractivity contribution >= 4 is 46.6 Å². The highest BCUT2D eigenvalue weighted by Crippen LogP contribution is 2.32. The Morgan fingerprint density at radius 3 is 2.51 bits per heavy atom. The molecule has 200 valence electrons. The van der Waals surface area contributed by atoms with E-state index in [1.165, 1.54) is 15.9 Å². The van der Waals surface area contributed by atoms with Gasteiger partial charge in [0.15, 0.2) is 4.80 Å². The summed E-state index contributed by atoms with van der Waals surface area (Å²) in [6.45, 7) is 5.31. The molecule has 7 nitrogen and oxygen atoms in total. The van der Waals surface area contributed by atoms with Gasteiger partial charge in [-0.2, -0.15) is 0 Å². The lowest BCUT2D eigenvalue weighted by Crippen LogP contribution is -2.40. The number of nitrogens with zero attached hydrogens (tertiary/aromatic N) is 2. The van der Waals surface area contributed by atoms with E-state index in [2.05, 4.69) is 4.99 Å². The number of furan rings is 1. The van der Waals surface area contributed by atoms with Crippen LogP contribution in [0.4, 0.5) is 0 Å². The lowest BCUT2D eigenvalue weighted by atomic mass is 9.96. The highest BCUT2D eigenvalue weighted by atomic mass is 35.5. The molecular weight excluding hydrogens is 559 g/mol. The number of methoxy groups -OCH3 is 1. The largest absolute Gasteiger partial charge is 0.497 e. The Morgan fingerprint density at radius 1 is 1.10 bits per heavy atom. The fourth-order valence-corrected chi connectivity index (χ4v) is 5.65. The number of thiazole rings is 1. The van der Waals surface area contributed by atoms with Crippen LogP contribution >= 0.6 is 34.5 Å². The fourth-order valence-electron chi connectivity index (χ4n) is 4.33. The summed E-state index contributed by atoms with van der Waals surface area (Å²) in [6.07, 6.45) is 1.34. The van der Waals surface area contributed by atoms with Crippen molar-refractivity contribution in [2.75, 3.05) is 7.11 Å². The van der Waals surface area contributed by atoms with Crippen LogP contribution < -0.4 is 19.6 Å². The maximum atomic E-state index is 13.8. The molecule has 0 N–H and O–H groups in total. The van der Waals surface area contributed by atoms with Crippen molar-refractivity contribution in [2.24, 2.45) is 4.99 Å². The summed E-state index contributed by atoms with van der Waals surface area (Å²) < 4.78 is 18.8. The van der Waals surface area contributed by atoms with Crippen molar-refractivity contribution in [3.05, 3.63) is 107 Å². The van der Waals surface area contributed by atoms with Crippen LogP contribution in [0, 0.1) is 0 Å². The van der Waals surface area contributed by atoms with Crippen LogP contribution in [0.5, 0.6) is 5.75 Å². The molecule has 0 amide bonds. The van der Waals surface area contributed by atoms with Gasteiger partial charge in [-0.1, -0.05) is 46.7 Å². The molecule has 1 aliphatic heterocycles. The molecule has 2 aromatic carbocycles. The third-order valence-corrected chi connectivity index (χ3v) is 7.84. The Labute approximate surface area is 238 Å². The molecule has 0 fully saturated rings. The molecule has 1 atom stereocenters. The maximum Gasteiger partial charge on any atom is 0.338 e. The second-order valence-electron chi connectivity index (χ2n) is 9.14. The van der Waals surface area contributed by atoms with Crippen LogP contribution in [-0.4, -0.2) is 23.8 Å². The van der Waals surface area contributed by atoms with Crippen molar-refractivity contribution in [3.8, 4) is 17.1 Å². The lowest BCUT2D eigenvalue weighted by molar-refractivity contribution is -0.143. The van der Waals surface area contributed by atoms with Gasteiger partial charge in [0.25, 0.3) is 5.56 Å². The molecule has 39 heavy (non-hydrogen) atoms. The van der Waals surface area contributed by atoms with E-state index in [1.54, 1.807) is 76.4 Å². The standard InChI is InChI=1S/C29H24Cl2N2O5S/c1-15(2)37-28(35)25-16(3)32-29-33(26(25)17-5-8-19(36-4)9-6-17)27(34)24(39-29)14-20-10-12-23(38-20)18-7-11-21(30)22(31)13-18/h5-15,26H,1-4H3. The number of benzene rings is 2. The van der Waals surface area contributed by atoms with Gasteiger partial charge in [0.1, 0.15) is 17.3 Å². The fraction of sp³-hybridized carbons (Fsp3) is 0.207. The van der Waals surface area contributed by atoms with E-state index in [-0.39, 0.29) is 11.7 Å². The minimum atomic E-state index is -0.719. The molecule has 2 aromatic heterocycles. The molecule has 3 heterocycles. The number of rotatable bonds is 6. The molecule has 1 unspecified atom stereocenters. The highest BCUT2D eigenvalue weighted by molar-refractivity contribution is 7.07. The van der Waals surface area contributed by atoms with E-state index >= 15 is 0 Å². The van der Waals surface area contributed by atoms with Crippen LogP contribution in [0.2, 0.25) is 10.0 Å². The minimum Gasteiger partial charge on any atom is -0.497 e. The summed E-state index contributed by atoms with van der Waals surface area (Å²) in [5.74, 6) is 1.21. The molecule has 4 aromatic rings. The summed E-state index contributed by atoms with van der Waals surface area (Å²) in [7, 11) is 1.58. The molecule has 0 radical (unpaired) electrons. The van der Waals surface area contributed by atoms with Crippen molar-refractivity contribution in [1.29, 1.82) is 0 Å². The normalized spacial score (nSPS) is 15.4. The van der Waals surface area contributed by atoms with E-state index in [0.29, 0.717) is 47.9 Å². The van der Waals surface area contributed by atoms with Gasteiger partial charge in [0.05, 0.1) is 45.1 Å². The van der Waals surface area contributed by atoms with Gasteiger partial charge >= 0.3 is 5.97 Å². The molecule has 0 spiro atoms. The number of hydrogen-bond donors (Lipinski definition) is 0. The zero-order valence-corrected chi connectivity index (χ0v) is 23.9. The third-order valence-electron chi connectivity index (χ3n) is 6.12. The monoisotopic (exact) mass is 582 g/mol. The molecule has 1 aliphatic rings. The number of hydrogen-bond acceptors (Lipinski definition) is 7. The summed E-state index contributed by atoms with van der Waals surface area (Å²) in [5, 5.41) is 0.868. The SMILES string of the molecule is COc1ccc(C2C(C(=O)OC(C)C)=C(C)N=c3sc(=Cc4ccc(-c5ccc(Cl)c(Cl)c5)o4)c(=O)n32)cc1. The molecule has 10 heteroatoms. The molecule has 5 rings (SSSR count). The number of esters is 1. The van der Waals surface area contributed by atoms with Crippen LogP contribution in [0.15, 0.2) is 80.1 Å². The van der Waals surface area contributed by atoms with Crippen molar-refractivity contribution in [1.82, 2.24) is 4.57 Å². The second kappa shape index (κ2) is 10.9. The van der Waals surface area contributed by atoms with Crippen molar-refractivity contribution in [2.45, 2.75) is 32.9 Å². The zero-order chi connectivity index (χ0) is 27.8. The molecule has 0 saturated carbocycles. The van der Waals surface area contributed by atoms with Gasteiger partial charge in [0.2, 0.25) is 0 Å². The molecule has 0 aliphatic carbocycles. The van der Waals surface area contributed by atoms with Gasteiger partial charge in [0, 0.05) is 11.6 Å². The summed E-state index contributed by atoms with van der Waals surface area (Å²) in [6, 6.07) is 15.3. The number of ether oxygens (including phenoxy) is 2. The predicted octanol–water partition coefficient (Wildman–Crippen LogP) is 5.76. The first-order valence-corrected chi connectivity index (χ1v) is 13.7. The number of aromatic nitrogens is 1. The third kappa shape index (κ3) is 5.32. The Hall–Kier alpha value is -3.59. The van der Waals surface area contributed by atoms with E-state index in [0.717, 1.165) is 11.1 Å². The number of fused-ring (bicyclic) bond motifs is 1. The molecular formula is C29H24Cl2N2O5S. The van der Waals surface area contributed by atoms with Crippen LogP contribution in [-0.2, 0) is 9.53 Å². The summed E-state index contributed by atoms with van der Waals surface area (Å²) in [4.78, 5) is 32.1. The average Bonchev–Trinajstić information content (AvgIpc) is 3.49. The van der Waals surface area contributed by atoms with Crippen LogP contribution in [0.25, 0.3) is 17.4 Å². The van der Waals surface area contributed by atoms with E-state index < -0.39 is 12.0 Å². The number of carbonyl (C=O) groups is 1. The number of carbonyl (C=O) groups excluding carboxylic acids is 1. The summed E-state index contributed by atoms with van der Waals surface area (Å²) in [5.41, 5.74) is 2.00.